The highest BCUT2D eigenvalue weighted by molar-refractivity contribution is 6.03. The largest absolute Gasteiger partial charge is 0.497 e. The van der Waals surface area contributed by atoms with Crippen LogP contribution in [0.15, 0.2) is 60.7 Å². The number of hydrogen-bond acceptors (Lipinski definition) is 5. The van der Waals surface area contributed by atoms with Crippen molar-refractivity contribution >= 4 is 17.4 Å². The second-order valence-electron chi connectivity index (χ2n) is 6.43. The summed E-state index contributed by atoms with van der Waals surface area (Å²) >= 11 is 0. The van der Waals surface area contributed by atoms with Crippen molar-refractivity contribution < 1.29 is 9.53 Å². The van der Waals surface area contributed by atoms with Crippen molar-refractivity contribution in [2.75, 3.05) is 17.7 Å². The standard InChI is InChI=1S/C21H20N4O2/c1-27-17-11-9-16(10-12-17)23-21(26)18-13-19(22-15-7-8-15)25-20(24-18)14-5-3-2-4-6-14/h2-6,9-13,15H,7-8H2,1H3,(H,23,26)(H,22,24,25). The molecule has 1 aromatic heterocycles. The topological polar surface area (TPSA) is 76.1 Å². The second-order valence-corrected chi connectivity index (χ2v) is 6.43. The quantitative estimate of drug-likeness (QED) is 0.695. The van der Waals surface area contributed by atoms with Gasteiger partial charge in [0.05, 0.1) is 7.11 Å². The minimum absolute atomic E-state index is 0.279. The Morgan fingerprint density at radius 3 is 2.44 bits per heavy atom. The molecular weight excluding hydrogens is 340 g/mol. The Morgan fingerprint density at radius 2 is 1.78 bits per heavy atom. The predicted molar refractivity (Wildman–Crippen MR) is 105 cm³/mol. The number of benzene rings is 2. The summed E-state index contributed by atoms with van der Waals surface area (Å²) in [6.45, 7) is 0. The minimum atomic E-state index is -0.279. The van der Waals surface area contributed by atoms with Crippen molar-refractivity contribution in [3.8, 4) is 17.1 Å². The molecule has 6 heteroatoms. The Balaban J connectivity index is 1.62. The van der Waals surface area contributed by atoms with Crippen LogP contribution in [0.2, 0.25) is 0 Å². The van der Waals surface area contributed by atoms with E-state index < -0.39 is 0 Å². The van der Waals surface area contributed by atoms with Gasteiger partial charge in [-0.25, -0.2) is 9.97 Å². The molecule has 1 aliphatic rings. The molecule has 27 heavy (non-hydrogen) atoms. The molecule has 0 radical (unpaired) electrons. The first-order chi connectivity index (χ1) is 13.2. The van der Waals surface area contributed by atoms with Crippen LogP contribution in [0.4, 0.5) is 11.5 Å². The highest BCUT2D eigenvalue weighted by atomic mass is 16.5. The average molecular weight is 360 g/mol. The molecule has 4 rings (SSSR count). The molecule has 2 N–H and O–H groups in total. The van der Waals surface area contributed by atoms with Crippen LogP contribution in [0.5, 0.6) is 5.75 Å². The number of nitrogens with one attached hydrogen (secondary N) is 2. The van der Waals surface area contributed by atoms with Crippen LogP contribution < -0.4 is 15.4 Å². The first-order valence-corrected chi connectivity index (χ1v) is 8.88. The molecule has 1 aliphatic carbocycles. The maximum absolute atomic E-state index is 12.7. The van der Waals surface area contributed by atoms with Gasteiger partial charge in [-0.1, -0.05) is 30.3 Å². The molecule has 1 fully saturated rings. The summed E-state index contributed by atoms with van der Waals surface area (Å²) in [6, 6.07) is 19.0. The van der Waals surface area contributed by atoms with Crippen molar-refractivity contribution in [2.45, 2.75) is 18.9 Å². The number of aromatic nitrogens is 2. The number of anilines is 2. The number of carbonyl (C=O) groups is 1. The van der Waals surface area contributed by atoms with E-state index in [1.807, 2.05) is 30.3 Å². The van der Waals surface area contributed by atoms with Gasteiger partial charge in [-0.15, -0.1) is 0 Å². The van der Waals surface area contributed by atoms with Gasteiger partial charge in [0, 0.05) is 23.4 Å². The Bertz CT molecular complexity index is 938. The van der Waals surface area contributed by atoms with E-state index in [9.17, 15) is 4.79 Å². The van der Waals surface area contributed by atoms with Gasteiger partial charge < -0.3 is 15.4 Å². The Morgan fingerprint density at radius 1 is 1.04 bits per heavy atom. The number of methoxy groups -OCH3 is 1. The molecule has 0 bridgehead atoms. The molecule has 6 nitrogen and oxygen atoms in total. The second kappa shape index (κ2) is 7.45. The van der Waals surface area contributed by atoms with E-state index in [0.717, 1.165) is 24.2 Å². The smallest absolute Gasteiger partial charge is 0.274 e. The zero-order valence-corrected chi connectivity index (χ0v) is 15.0. The monoisotopic (exact) mass is 360 g/mol. The predicted octanol–water partition coefficient (Wildman–Crippen LogP) is 3.98. The van der Waals surface area contributed by atoms with Crippen LogP contribution in [0, 0.1) is 0 Å². The van der Waals surface area contributed by atoms with Crippen molar-refractivity contribution in [1.82, 2.24) is 9.97 Å². The lowest BCUT2D eigenvalue weighted by molar-refractivity contribution is 0.102. The summed E-state index contributed by atoms with van der Waals surface area (Å²) in [5.41, 5.74) is 1.87. The van der Waals surface area contributed by atoms with E-state index in [4.69, 9.17) is 4.74 Å². The number of rotatable bonds is 6. The molecule has 136 valence electrons. The van der Waals surface area contributed by atoms with Gasteiger partial charge in [0.15, 0.2) is 5.82 Å². The fraction of sp³-hybridized carbons (Fsp3) is 0.190. The normalized spacial score (nSPS) is 13.1. The van der Waals surface area contributed by atoms with E-state index >= 15 is 0 Å². The van der Waals surface area contributed by atoms with Gasteiger partial charge in [-0.3, -0.25) is 4.79 Å². The summed E-state index contributed by atoms with van der Waals surface area (Å²) in [5.74, 6) is 1.66. The SMILES string of the molecule is COc1ccc(NC(=O)c2cc(NC3CC3)nc(-c3ccccc3)n2)cc1. The molecule has 0 aliphatic heterocycles. The summed E-state index contributed by atoms with van der Waals surface area (Å²) in [7, 11) is 1.61. The number of hydrogen-bond donors (Lipinski definition) is 2. The zero-order valence-electron chi connectivity index (χ0n) is 15.0. The number of ether oxygens (including phenoxy) is 1. The minimum Gasteiger partial charge on any atom is -0.497 e. The van der Waals surface area contributed by atoms with Crippen LogP contribution in [0.3, 0.4) is 0 Å². The molecule has 3 aromatic rings. The summed E-state index contributed by atoms with van der Waals surface area (Å²) in [5, 5.41) is 6.22. The van der Waals surface area contributed by atoms with Gasteiger partial charge >= 0.3 is 0 Å². The molecule has 0 unspecified atom stereocenters. The van der Waals surface area contributed by atoms with Crippen LogP contribution in [0.1, 0.15) is 23.3 Å². The molecule has 1 saturated carbocycles. The fourth-order valence-corrected chi connectivity index (χ4v) is 2.66. The number of amides is 1. The van der Waals surface area contributed by atoms with Gasteiger partial charge in [-0.2, -0.15) is 0 Å². The van der Waals surface area contributed by atoms with E-state index in [1.54, 1.807) is 37.4 Å². The van der Waals surface area contributed by atoms with Gasteiger partial charge in [-0.05, 0) is 37.1 Å². The average Bonchev–Trinajstić information content (AvgIpc) is 3.53. The van der Waals surface area contributed by atoms with Crippen LogP contribution in [-0.4, -0.2) is 29.0 Å². The highest BCUT2D eigenvalue weighted by Gasteiger charge is 2.22. The summed E-state index contributed by atoms with van der Waals surface area (Å²) in [6.07, 6.45) is 2.25. The molecule has 1 amide bonds. The van der Waals surface area contributed by atoms with Gasteiger partial charge in [0.25, 0.3) is 5.91 Å². The van der Waals surface area contributed by atoms with E-state index in [-0.39, 0.29) is 5.91 Å². The van der Waals surface area contributed by atoms with Crippen molar-refractivity contribution in [3.63, 3.8) is 0 Å². The molecule has 1 heterocycles. The molecule has 2 aromatic carbocycles. The first-order valence-electron chi connectivity index (χ1n) is 8.88. The zero-order chi connectivity index (χ0) is 18.6. The maximum Gasteiger partial charge on any atom is 0.274 e. The number of nitrogens with zero attached hydrogens (tertiary/aromatic N) is 2. The van der Waals surface area contributed by atoms with Crippen LogP contribution >= 0.6 is 0 Å². The maximum atomic E-state index is 12.7. The van der Waals surface area contributed by atoms with Crippen molar-refractivity contribution in [2.24, 2.45) is 0 Å². The fourth-order valence-electron chi connectivity index (χ4n) is 2.66. The summed E-state index contributed by atoms with van der Waals surface area (Å²) < 4.78 is 5.14. The Hall–Kier alpha value is -3.41. The lowest BCUT2D eigenvalue weighted by Gasteiger charge is -2.10. The third-order valence-electron chi connectivity index (χ3n) is 4.27. The molecule has 0 atom stereocenters. The van der Waals surface area contributed by atoms with Crippen molar-refractivity contribution in [3.05, 3.63) is 66.4 Å². The van der Waals surface area contributed by atoms with E-state index in [1.165, 1.54) is 0 Å². The van der Waals surface area contributed by atoms with Gasteiger partial charge in [0.1, 0.15) is 17.3 Å². The molecule has 0 spiro atoms. The van der Waals surface area contributed by atoms with Crippen LogP contribution in [-0.2, 0) is 0 Å². The molecular formula is C21H20N4O2. The third-order valence-corrected chi connectivity index (χ3v) is 4.27. The van der Waals surface area contributed by atoms with E-state index in [0.29, 0.717) is 29.1 Å². The Kier molecular flexibility index (Phi) is 4.70. The van der Waals surface area contributed by atoms with Crippen LogP contribution in [0.25, 0.3) is 11.4 Å². The lowest BCUT2D eigenvalue weighted by atomic mass is 10.2. The third kappa shape index (κ3) is 4.23. The van der Waals surface area contributed by atoms with E-state index in [2.05, 4.69) is 20.6 Å². The Labute approximate surface area is 157 Å². The number of carbonyl (C=O) groups excluding carboxylic acids is 1. The first kappa shape index (κ1) is 17.0. The van der Waals surface area contributed by atoms with Crippen molar-refractivity contribution in [1.29, 1.82) is 0 Å². The lowest BCUT2D eigenvalue weighted by Crippen LogP contribution is -2.16. The molecule has 0 saturated heterocycles. The summed E-state index contributed by atoms with van der Waals surface area (Å²) in [4.78, 5) is 21.8. The highest BCUT2D eigenvalue weighted by Crippen LogP contribution is 2.26. The van der Waals surface area contributed by atoms with Gasteiger partial charge in [0.2, 0.25) is 0 Å².